The number of carbonyl (C=O) groups is 1. The van der Waals surface area contributed by atoms with Gasteiger partial charge in [-0.3, -0.25) is 0 Å². The maximum atomic E-state index is 13.1. The summed E-state index contributed by atoms with van der Waals surface area (Å²) in [6.45, 7) is 2.69. The Morgan fingerprint density at radius 1 is 1.14 bits per heavy atom. The van der Waals surface area contributed by atoms with Crippen molar-refractivity contribution in [2.45, 2.75) is 13.5 Å². The van der Waals surface area contributed by atoms with Gasteiger partial charge in [-0.05, 0) is 42.8 Å². The Bertz CT molecular complexity index is 623. The third-order valence-electron chi connectivity index (χ3n) is 2.80. The third kappa shape index (κ3) is 3.95. The zero-order valence-electron chi connectivity index (χ0n) is 11.5. The predicted molar refractivity (Wildman–Crippen MR) is 75.3 cm³/mol. The fourth-order valence-corrected chi connectivity index (χ4v) is 1.80. The number of hydrogen-bond acceptors (Lipinski definition) is 3. The molecule has 21 heavy (non-hydrogen) atoms. The molecule has 0 heterocycles. The van der Waals surface area contributed by atoms with E-state index in [1.165, 1.54) is 12.1 Å². The van der Waals surface area contributed by atoms with E-state index in [4.69, 9.17) is 14.6 Å². The number of aromatic carboxylic acids is 1. The molecule has 0 saturated carbocycles. The van der Waals surface area contributed by atoms with Crippen LogP contribution < -0.4 is 9.47 Å². The number of halogens is 1. The molecule has 0 unspecified atom stereocenters. The number of carboxylic acids is 1. The molecule has 0 aliphatic heterocycles. The van der Waals surface area contributed by atoms with Gasteiger partial charge in [0.2, 0.25) is 0 Å². The summed E-state index contributed by atoms with van der Waals surface area (Å²) in [6.07, 6.45) is 0. The molecule has 0 bridgehead atoms. The first-order valence-electron chi connectivity index (χ1n) is 6.47. The van der Waals surface area contributed by atoms with Crippen molar-refractivity contribution in [3.05, 3.63) is 59.4 Å². The van der Waals surface area contributed by atoms with Gasteiger partial charge in [0.15, 0.2) is 0 Å². The summed E-state index contributed by atoms with van der Waals surface area (Å²) >= 11 is 0. The Morgan fingerprint density at radius 3 is 2.48 bits per heavy atom. The van der Waals surface area contributed by atoms with Crippen molar-refractivity contribution >= 4 is 5.97 Å². The van der Waals surface area contributed by atoms with Crippen molar-refractivity contribution in [1.29, 1.82) is 0 Å². The van der Waals surface area contributed by atoms with Crippen LogP contribution in [0.1, 0.15) is 22.8 Å². The van der Waals surface area contributed by atoms with Crippen molar-refractivity contribution < 1.29 is 23.8 Å². The zero-order chi connectivity index (χ0) is 15.2. The lowest BCUT2D eigenvalue weighted by Gasteiger charge is -2.10. The van der Waals surface area contributed by atoms with E-state index in [0.717, 1.165) is 17.4 Å². The molecule has 2 aromatic rings. The average Bonchev–Trinajstić information content (AvgIpc) is 2.47. The highest BCUT2D eigenvalue weighted by atomic mass is 19.1. The van der Waals surface area contributed by atoms with Gasteiger partial charge in [0.05, 0.1) is 6.61 Å². The van der Waals surface area contributed by atoms with Crippen LogP contribution in [-0.4, -0.2) is 17.7 Å². The Labute approximate surface area is 121 Å². The van der Waals surface area contributed by atoms with Gasteiger partial charge in [-0.15, -0.1) is 0 Å². The van der Waals surface area contributed by atoms with E-state index in [9.17, 15) is 9.18 Å². The smallest absolute Gasteiger partial charge is 0.339 e. The first-order chi connectivity index (χ1) is 10.1. The highest BCUT2D eigenvalue weighted by molar-refractivity contribution is 5.90. The normalized spacial score (nSPS) is 10.2. The Hall–Kier alpha value is -2.56. The minimum atomic E-state index is -1.23. The van der Waals surface area contributed by atoms with Crippen molar-refractivity contribution in [2.75, 3.05) is 6.61 Å². The fourth-order valence-electron chi connectivity index (χ4n) is 1.80. The molecule has 1 N–H and O–H groups in total. The van der Waals surface area contributed by atoms with E-state index in [1.54, 1.807) is 0 Å². The number of carboxylic acid groups (broad SMARTS) is 1. The second-order valence-electron chi connectivity index (χ2n) is 4.31. The van der Waals surface area contributed by atoms with Gasteiger partial charge >= 0.3 is 5.97 Å². The molecule has 0 radical (unpaired) electrons. The minimum absolute atomic E-state index is 0.137. The summed E-state index contributed by atoms with van der Waals surface area (Å²) in [5.74, 6) is -0.941. The summed E-state index contributed by atoms with van der Waals surface area (Å²) in [7, 11) is 0. The molecule has 0 fully saturated rings. The van der Waals surface area contributed by atoms with E-state index in [2.05, 4.69) is 0 Å². The molecule has 2 rings (SSSR count). The lowest BCUT2D eigenvalue weighted by molar-refractivity contribution is 0.0691. The highest BCUT2D eigenvalue weighted by Crippen LogP contribution is 2.21. The first kappa shape index (κ1) is 14.8. The molecular weight excluding hydrogens is 275 g/mol. The third-order valence-corrected chi connectivity index (χ3v) is 2.80. The van der Waals surface area contributed by atoms with E-state index >= 15 is 0 Å². The molecule has 0 aromatic heterocycles. The van der Waals surface area contributed by atoms with Crippen LogP contribution >= 0.6 is 0 Å². The molecule has 0 saturated heterocycles. The van der Waals surface area contributed by atoms with E-state index in [-0.39, 0.29) is 17.9 Å². The van der Waals surface area contributed by atoms with Crippen LogP contribution in [0.15, 0.2) is 42.5 Å². The molecule has 2 aromatic carbocycles. The van der Waals surface area contributed by atoms with Crippen LogP contribution in [0.4, 0.5) is 4.39 Å². The SMILES string of the molecule is CCOc1ccc(COc2ccc(F)cc2C(=O)O)cc1. The van der Waals surface area contributed by atoms with Crippen LogP contribution in [0.25, 0.3) is 0 Å². The van der Waals surface area contributed by atoms with Crippen LogP contribution in [0, 0.1) is 5.82 Å². The van der Waals surface area contributed by atoms with Crippen LogP contribution in [0.3, 0.4) is 0 Å². The van der Waals surface area contributed by atoms with E-state index in [0.29, 0.717) is 6.61 Å². The fraction of sp³-hybridized carbons (Fsp3) is 0.188. The molecule has 0 atom stereocenters. The maximum absolute atomic E-state index is 13.1. The average molecular weight is 290 g/mol. The number of benzene rings is 2. The minimum Gasteiger partial charge on any atom is -0.494 e. The Balaban J connectivity index is 2.07. The molecule has 0 aliphatic carbocycles. The largest absolute Gasteiger partial charge is 0.494 e. The summed E-state index contributed by atoms with van der Waals surface area (Å²) in [5, 5.41) is 9.02. The summed E-state index contributed by atoms with van der Waals surface area (Å²) < 4.78 is 23.8. The van der Waals surface area contributed by atoms with Gasteiger partial charge in [-0.25, -0.2) is 9.18 Å². The van der Waals surface area contributed by atoms with E-state index < -0.39 is 11.8 Å². The van der Waals surface area contributed by atoms with Crippen molar-refractivity contribution in [1.82, 2.24) is 0 Å². The van der Waals surface area contributed by atoms with Gasteiger partial charge in [-0.2, -0.15) is 0 Å². The van der Waals surface area contributed by atoms with Gasteiger partial charge in [0.1, 0.15) is 29.5 Å². The Morgan fingerprint density at radius 2 is 1.86 bits per heavy atom. The van der Waals surface area contributed by atoms with Crippen molar-refractivity contribution in [3.8, 4) is 11.5 Å². The lowest BCUT2D eigenvalue weighted by atomic mass is 10.2. The molecule has 4 nitrogen and oxygen atoms in total. The topological polar surface area (TPSA) is 55.8 Å². The van der Waals surface area contributed by atoms with Gasteiger partial charge in [0, 0.05) is 0 Å². The number of rotatable bonds is 6. The molecule has 0 aliphatic rings. The molecule has 0 spiro atoms. The number of ether oxygens (including phenoxy) is 2. The van der Waals surface area contributed by atoms with Gasteiger partial charge in [-0.1, -0.05) is 12.1 Å². The zero-order valence-corrected chi connectivity index (χ0v) is 11.5. The monoisotopic (exact) mass is 290 g/mol. The van der Waals surface area contributed by atoms with E-state index in [1.807, 2.05) is 31.2 Å². The van der Waals surface area contributed by atoms with Gasteiger partial charge in [0.25, 0.3) is 0 Å². The second kappa shape index (κ2) is 6.74. The van der Waals surface area contributed by atoms with Crippen LogP contribution in [0.5, 0.6) is 11.5 Å². The molecule has 110 valence electrons. The lowest BCUT2D eigenvalue weighted by Crippen LogP contribution is -2.04. The molecule has 0 amide bonds. The summed E-state index contributed by atoms with van der Waals surface area (Å²) in [4.78, 5) is 11.0. The van der Waals surface area contributed by atoms with Crippen LogP contribution in [0.2, 0.25) is 0 Å². The first-order valence-corrected chi connectivity index (χ1v) is 6.47. The van der Waals surface area contributed by atoms with Gasteiger partial charge < -0.3 is 14.6 Å². The second-order valence-corrected chi connectivity index (χ2v) is 4.31. The van der Waals surface area contributed by atoms with Crippen molar-refractivity contribution in [3.63, 3.8) is 0 Å². The summed E-state index contributed by atoms with van der Waals surface area (Å²) in [5.41, 5.74) is 0.667. The Kier molecular flexibility index (Phi) is 4.77. The standard InChI is InChI=1S/C16H15FO4/c1-2-20-13-6-3-11(4-7-13)10-21-15-8-5-12(17)9-14(15)16(18)19/h3-9H,2,10H2,1H3,(H,18,19). The predicted octanol–water partition coefficient (Wildman–Crippen LogP) is 3.50. The molecular formula is C16H15FO4. The molecule has 5 heteroatoms. The summed E-state index contributed by atoms with van der Waals surface area (Å²) in [6, 6.07) is 10.7. The highest BCUT2D eigenvalue weighted by Gasteiger charge is 2.12. The quantitative estimate of drug-likeness (QED) is 0.884. The van der Waals surface area contributed by atoms with Crippen molar-refractivity contribution in [2.24, 2.45) is 0 Å². The van der Waals surface area contributed by atoms with Crippen LogP contribution in [-0.2, 0) is 6.61 Å². The maximum Gasteiger partial charge on any atom is 0.339 e. The number of hydrogen-bond donors (Lipinski definition) is 1.